The average molecular weight is 324 g/mol. The normalized spacial score (nSPS) is 20.7. The Morgan fingerprint density at radius 3 is 2.68 bits per heavy atom. The van der Waals surface area contributed by atoms with Gasteiger partial charge in [-0.25, -0.2) is 13.7 Å². The van der Waals surface area contributed by atoms with Crippen LogP contribution in [0.5, 0.6) is 0 Å². The first-order valence-electron chi connectivity index (χ1n) is 6.73. The molecule has 1 atom stereocenters. The van der Waals surface area contributed by atoms with Crippen LogP contribution in [0.3, 0.4) is 0 Å². The second kappa shape index (κ2) is 4.94. The highest BCUT2D eigenvalue weighted by Crippen LogP contribution is 2.25. The van der Waals surface area contributed by atoms with Gasteiger partial charge in [-0.2, -0.15) is 5.10 Å². The minimum atomic E-state index is -1.59. The number of rotatable bonds is 1. The molecule has 1 N–H and O–H groups in total. The number of carbonyl (C=O) groups is 2. The zero-order valence-electron chi connectivity index (χ0n) is 12.5. The molecule has 0 radical (unpaired) electrons. The molecule has 22 heavy (non-hydrogen) atoms. The van der Waals surface area contributed by atoms with Crippen LogP contribution in [0.1, 0.15) is 32.0 Å². The molecular formula is C13H16N4O4S. The summed E-state index contributed by atoms with van der Waals surface area (Å²) in [7, 11) is -1.59. The van der Waals surface area contributed by atoms with E-state index in [9.17, 15) is 13.8 Å². The van der Waals surface area contributed by atoms with E-state index in [4.69, 9.17) is 4.74 Å². The Morgan fingerprint density at radius 1 is 1.41 bits per heavy atom. The van der Waals surface area contributed by atoms with Crippen LogP contribution in [-0.2, 0) is 33.6 Å². The molecule has 0 saturated heterocycles. The summed E-state index contributed by atoms with van der Waals surface area (Å²) in [5.74, 6) is -0.403. The van der Waals surface area contributed by atoms with Gasteiger partial charge in [0.25, 0.3) is 5.91 Å². The topological polar surface area (TPSA) is 93.5 Å². The molecule has 118 valence electrons. The van der Waals surface area contributed by atoms with Crippen molar-refractivity contribution in [2.75, 3.05) is 0 Å². The Kier molecular flexibility index (Phi) is 3.32. The Morgan fingerprint density at radius 2 is 2.14 bits per heavy atom. The quantitative estimate of drug-likeness (QED) is 0.822. The number of hydrogen-bond acceptors (Lipinski definition) is 5. The highest BCUT2D eigenvalue weighted by molar-refractivity contribution is 7.93. The van der Waals surface area contributed by atoms with Gasteiger partial charge in [0.05, 0.1) is 18.8 Å². The smallest absolute Gasteiger partial charge is 0.410 e. The Bertz CT molecular complexity index is 693. The number of aromatic nitrogens is 2. The molecule has 2 aliphatic rings. The molecule has 2 aliphatic heterocycles. The summed E-state index contributed by atoms with van der Waals surface area (Å²) < 4.78 is 20.7. The Balaban J connectivity index is 1.74. The van der Waals surface area contributed by atoms with Gasteiger partial charge in [0.1, 0.15) is 5.60 Å². The van der Waals surface area contributed by atoms with Crippen molar-refractivity contribution >= 4 is 28.0 Å². The van der Waals surface area contributed by atoms with Gasteiger partial charge >= 0.3 is 6.09 Å². The van der Waals surface area contributed by atoms with Crippen LogP contribution in [0.4, 0.5) is 4.79 Å². The Hall–Kier alpha value is -2.16. The minimum absolute atomic E-state index is 0.295. The molecule has 0 aromatic carbocycles. The van der Waals surface area contributed by atoms with Gasteiger partial charge in [-0.05, 0) is 20.8 Å². The fourth-order valence-corrected chi connectivity index (χ4v) is 3.03. The predicted molar refractivity (Wildman–Crippen MR) is 78.3 cm³/mol. The highest BCUT2D eigenvalue weighted by Gasteiger charge is 2.31. The molecule has 1 aromatic rings. The third-order valence-electron chi connectivity index (χ3n) is 3.09. The van der Waals surface area contributed by atoms with Gasteiger partial charge < -0.3 is 4.74 Å². The van der Waals surface area contributed by atoms with Crippen molar-refractivity contribution in [1.82, 2.24) is 19.4 Å². The largest absolute Gasteiger partial charge is 0.444 e. The van der Waals surface area contributed by atoms with Crippen LogP contribution < -0.4 is 4.72 Å². The molecule has 0 fully saturated rings. The zero-order chi connectivity index (χ0) is 16.1. The van der Waals surface area contributed by atoms with E-state index >= 15 is 0 Å². The van der Waals surface area contributed by atoms with Gasteiger partial charge in [0.2, 0.25) is 0 Å². The number of nitrogens with one attached hydrogen (secondary N) is 1. The second-order valence-electron chi connectivity index (χ2n) is 6.10. The lowest BCUT2D eigenvalue weighted by molar-refractivity contribution is -0.114. The number of hydrogen-bond donors (Lipinski definition) is 1. The number of amides is 2. The van der Waals surface area contributed by atoms with Crippen LogP contribution in [-0.4, -0.2) is 36.5 Å². The maximum atomic E-state index is 12.0. The first-order valence-corrected chi connectivity index (χ1v) is 7.88. The maximum Gasteiger partial charge on any atom is 0.410 e. The number of fused-ring (bicyclic) bond motifs is 1. The molecule has 0 spiro atoms. The SMILES string of the molecule is CC(C)(C)OC(=O)N1Cc2cn(C3=CC(=O)NS3=O)nc2C1. The van der Waals surface area contributed by atoms with Crippen molar-refractivity contribution in [3.05, 3.63) is 23.5 Å². The van der Waals surface area contributed by atoms with E-state index in [-0.39, 0.29) is 0 Å². The van der Waals surface area contributed by atoms with E-state index in [1.165, 1.54) is 10.8 Å². The van der Waals surface area contributed by atoms with Crippen LogP contribution in [0.25, 0.3) is 5.03 Å². The van der Waals surface area contributed by atoms with Crippen molar-refractivity contribution in [1.29, 1.82) is 0 Å². The number of ether oxygens (including phenoxy) is 1. The summed E-state index contributed by atoms with van der Waals surface area (Å²) in [6.45, 7) is 6.15. The lowest BCUT2D eigenvalue weighted by Gasteiger charge is -2.24. The fraction of sp³-hybridized carbons (Fsp3) is 0.462. The Labute approximate surface area is 129 Å². The van der Waals surface area contributed by atoms with E-state index in [0.717, 1.165) is 5.56 Å². The third-order valence-corrected chi connectivity index (χ3v) is 4.17. The molecule has 0 bridgehead atoms. The molecule has 9 heteroatoms. The van der Waals surface area contributed by atoms with E-state index in [0.29, 0.717) is 23.8 Å². The summed E-state index contributed by atoms with van der Waals surface area (Å²) in [5.41, 5.74) is 1.01. The second-order valence-corrected chi connectivity index (χ2v) is 7.26. The molecule has 0 aliphatic carbocycles. The van der Waals surface area contributed by atoms with Crippen LogP contribution in [0, 0.1) is 0 Å². The van der Waals surface area contributed by atoms with Gasteiger partial charge in [-0.1, -0.05) is 0 Å². The van der Waals surface area contributed by atoms with E-state index in [1.54, 1.807) is 11.1 Å². The van der Waals surface area contributed by atoms with Gasteiger partial charge in [-0.3, -0.25) is 14.4 Å². The van der Waals surface area contributed by atoms with Crippen molar-refractivity contribution in [2.45, 2.75) is 39.5 Å². The lowest BCUT2D eigenvalue weighted by Crippen LogP contribution is -2.33. The molecule has 3 rings (SSSR count). The molecule has 2 amide bonds. The summed E-state index contributed by atoms with van der Waals surface area (Å²) in [4.78, 5) is 24.8. The van der Waals surface area contributed by atoms with Crippen molar-refractivity contribution < 1.29 is 18.5 Å². The first kappa shape index (κ1) is 14.8. The first-order chi connectivity index (χ1) is 10.2. The van der Waals surface area contributed by atoms with E-state index in [2.05, 4.69) is 9.82 Å². The van der Waals surface area contributed by atoms with Crippen molar-refractivity contribution in [3.63, 3.8) is 0 Å². The minimum Gasteiger partial charge on any atom is -0.444 e. The number of nitrogens with zero attached hydrogens (tertiary/aromatic N) is 3. The summed E-state index contributed by atoms with van der Waals surface area (Å²) in [6.07, 6.45) is 2.55. The van der Waals surface area contributed by atoms with Crippen LogP contribution in [0.15, 0.2) is 12.3 Å². The van der Waals surface area contributed by atoms with Crippen molar-refractivity contribution in [3.8, 4) is 0 Å². The molecule has 8 nitrogen and oxygen atoms in total. The molecule has 1 unspecified atom stereocenters. The summed E-state index contributed by atoms with van der Waals surface area (Å²) >= 11 is 0. The molecule has 3 heterocycles. The van der Waals surface area contributed by atoms with Crippen LogP contribution in [0.2, 0.25) is 0 Å². The average Bonchev–Trinajstić information content (AvgIpc) is 2.98. The standard InChI is InChI=1S/C13H16N4O4S/c1-13(2,3)21-12(19)16-5-8-6-17(14-9(8)7-16)11-4-10(18)15-22(11)20/h4,6H,5,7H2,1-3H3,(H,15,18). The third kappa shape index (κ3) is 2.76. The summed E-state index contributed by atoms with van der Waals surface area (Å²) in [5, 5.41) is 4.60. The summed E-state index contributed by atoms with van der Waals surface area (Å²) in [6, 6.07) is 0. The maximum absolute atomic E-state index is 12.0. The highest BCUT2D eigenvalue weighted by atomic mass is 32.2. The predicted octanol–water partition coefficient (Wildman–Crippen LogP) is 0.726. The van der Waals surface area contributed by atoms with Crippen molar-refractivity contribution in [2.24, 2.45) is 0 Å². The lowest BCUT2D eigenvalue weighted by atomic mass is 10.2. The van der Waals surface area contributed by atoms with Gasteiger partial charge in [0, 0.05) is 17.8 Å². The van der Waals surface area contributed by atoms with E-state index < -0.39 is 28.6 Å². The van der Waals surface area contributed by atoms with Gasteiger partial charge in [0.15, 0.2) is 16.0 Å². The van der Waals surface area contributed by atoms with E-state index in [1.807, 2.05) is 20.8 Å². The monoisotopic (exact) mass is 324 g/mol. The number of carbonyl (C=O) groups excluding carboxylic acids is 2. The fourth-order valence-electron chi connectivity index (χ4n) is 2.21. The van der Waals surface area contributed by atoms with Crippen LogP contribution >= 0.6 is 0 Å². The molecule has 1 aromatic heterocycles. The molecule has 0 saturated carbocycles. The zero-order valence-corrected chi connectivity index (χ0v) is 13.3. The molecular weight excluding hydrogens is 308 g/mol. The van der Waals surface area contributed by atoms with Gasteiger partial charge in [-0.15, -0.1) is 0 Å².